The first-order chi connectivity index (χ1) is 10.9. The highest BCUT2D eigenvalue weighted by Gasteiger charge is 2.22. The van der Waals surface area contributed by atoms with Gasteiger partial charge in [0.15, 0.2) is 0 Å². The Morgan fingerprint density at radius 3 is 2.39 bits per heavy atom. The van der Waals surface area contributed by atoms with Crippen LogP contribution in [0.25, 0.3) is 0 Å². The van der Waals surface area contributed by atoms with E-state index < -0.39 is 0 Å². The third kappa shape index (κ3) is 4.77. The van der Waals surface area contributed by atoms with Crippen LogP contribution >= 0.6 is 0 Å². The van der Waals surface area contributed by atoms with Crippen molar-refractivity contribution in [3.8, 4) is 0 Å². The zero-order valence-electron chi connectivity index (χ0n) is 15.2. The number of piperidine rings is 1. The molecule has 4 heteroatoms. The molecule has 4 nitrogen and oxygen atoms in total. The molecule has 128 valence electrons. The van der Waals surface area contributed by atoms with Gasteiger partial charge >= 0.3 is 0 Å². The molecule has 0 aliphatic carbocycles. The number of carbonyl (C=O) groups is 1. The monoisotopic (exact) mass is 317 g/mol. The van der Waals surface area contributed by atoms with E-state index in [1.54, 1.807) is 4.90 Å². The van der Waals surface area contributed by atoms with E-state index >= 15 is 0 Å². The van der Waals surface area contributed by atoms with Crippen LogP contribution in [0, 0.1) is 11.8 Å². The number of aromatic nitrogens is 1. The number of carbonyl (C=O) groups excluding carboxylic acids is 1. The Hall–Kier alpha value is -1.42. The van der Waals surface area contributed by atoms with Crippen LogP contribution in [0.15, 0.2) is 18.3 Å². The minimum absolute atomic E-state index is 0.00459. The topological polar surface area (TPSA) is 36.4 Å². The van der Waals surface area contributed by atoms with Crippen molar-refractivity contribution in [2.75, 3.05) is 31.6 Å². The maximum Gasteiger partial charge on any atom is 0.229 e. The lowest BCUT2D eigenvalue weighted by molar-refractivity contribution is -0.121. The van der Waals surface area contributed by atoms with E-state index in [2.05, 4.69) is 29.8 Å². The lowest BCUT2D eigenvalue weighted by atomic mass is 9.92. The molecule has 0 atom stereocenters. The molecule has 1 aliphatic heterocycles. The second-order valence-electron chi connectivity index (χ2n) is 7.46. The van der Waals surface area contributed by atoms with Crippen LogP contribution in [0.1, 0.15) is 52.1 Å². The van der Waals surface area contributed by atoms with E-state index in [9.17, 15) is 4.79 Å². The number of hydrogen-bond donors (Lipinski definition) is 0. The lowest BCUT2D eigenvalue weighted by Crippen LogP contribution is -2.35. The molecule has 1 aromatic rings. The molecule has 0 bridgehead atoms. The summed E-state index contributed by atoms with van der Waals surface area (Å²) in [6.07, 6.45) is 4.20. The van der Waals surface area contributed by atoms with Gasteiger partial charge in [-0.2, -0.15) is 0 Å². The summed E-state index contributed by atoms with van der Waals surface area (Å²) in [4.78, 5) is 20.9. The molecule has 1 fully saturated rings. The van der Waals surface area contributed by atoms with Crippen molar-refractivity contribution in [2.45, 2.75) is 46.5 Å². The van der Waals surface area contributed by atoms with Crippen LogP contribution in [0.3, 0.4) is 0 Å². The summed E-state index contributed by atoms with van der Waals surface area (Å²) in [5, 5.41) is 0. The minimum atomic E-state index is 0.00459. The number of likely N-dealkylation sites (tertiary alicyclic amines) is 1. The fourth-order valence-electron chi connectivity index (χ4n) is 3.28. The van der Waals surface area contributed by atoms with Gasteiger partial charge < -0.3 is 9.80 Å². The number of rotatable bonds is 5. The maximum atomic E-state index is 12.0. The second kappa shape index (κ2) is 7.91. The van der Waals surface area contributed by atoms with Crippen molar-refractivity contribution in [1.29, 1.82) is 0 Å². The third-order valence-electron chi connectivity index (χ3n) is 4.61. The predicted molar refractivity (Wildman–Crippen MR) is 95.7 cm³/mol. The first-order valence-corrected chi connectivity index (χ1v) is 8.84. The molecule has 0 spiro atoms. The summed E-state index contributed by atoms with van der Waals surface area (Å²) >= 11 is 0. The van der Waals surface area contributed by atoms with E-state index in [0.29, 0.717) is 5.92 Å². The Morgan fingerprint density at radius 1 is 1.26 bits per heavy atom. The smallest absolute Gasteiger partial charge is 0.229 e. The van der Waals surface area contributed by atoms with Gasteiger partial charge in [-0.1, -0.05) is 27.7 Å². The first kappa shape index (κ1) is 17.9. The average molecular weight is 317 g/mol. The van der Waals surface area contributed by atoms with Gasteiger partial charge in [-0.05, 0) is 44.0 Å². The number of anilines is 1. The third-order valence-corrected chi connectivity index (χ3v) is 4.61. The highest BCUT2D eigenvalue weighted by atomic mass is 16.2. The van der Waals surface area contributed by atoms with E-state index in [1.807, 2.05) is 33.2 Å². The fourth-order valence-corrected chi connectivity index (χ4v) is 3.28. The molecule has 2 heterocycles. The van der Waals surface area contributed by atoms with Gasteiger partial charge in [-0.3, -0.25) is 9.78 Å². The van der Waals surface area contributed by atoms with Crippen LogP contribution in [0.2, 0.25) is 0 Å². The molecule has 2 rings (SSSR count). The zero-order valence-corrected chi connectivity index (χ0v) is 15.2. The highest BCUT2D eigenvalue weighted by molar-refractivity contribution is 5.93. The molecule has 0 radical (unpaired) electrons. The second-order valence-corrected chi connectivity index (χ2v) is 7.46. The van der Waals surface area contributed by atoms with Gasteiger partial charge in [0.2, 0.25) is 5.91 Å². The number of nitrogens with zero attached hydrogens (tertiary/aromatic N) is 3. The minimum Gasteiger partial charge on any atom is -0.314 e. The Kier molecular flexibility index (Phi) is 6.17. The molecule has 0 unspecified atom stereocenters. The summed E-state index contributed by atoms with van der Waals surface area (Å²) in [7, 11) is 1.82. The summed E-state index contributed by atoms with van der Waals surface area (Å²) in [5.41, 5.74) is 2.05. The zero-order chi connectivity index (χ0) is 17.0. The van der Waals surface area contributed by atoms with Crippen molar-refractivity contribution in [3.63, 3.8) is 0 Å². The molecule has 1 aliphatic rings. The number of hydrogen-bond acceptors (Lipinski definition) is 3. The molecule has 1 saturated heterocycles. The van der Waals surface area contributed by atoms with Gasteiger partial charge in [0.25, 0.3) is 0 Å². The van der Waals surface area contributed by atoms with Gasteiger partial charge in [0.05, 0.1) is 11.9 Å². The van der Waals surface area contributed by atoms with Crippen LogP contribution in [0.4, 0.5) is 5.69 Å². The standard InChI is InChI=1S/C19H31N3O/c1-14(2)13-22-10-8-16(9-11-22)18-7-6-17(12-20-18)21(5)19(23)15(3)4/h6-7,12,14-16H,8-11,13H2,1-5H3. The van der Waals surface area contributed by atoms with Crippen LogP contribution < -0.4 is 4.90 Å². The predicted octanol–water partition coefficient (Wildman–Crippen LogP) is 3.54. The van der Waals surface area contributed by atoms with Crippen LogP contribution in [-0.4, -0.2) is 42.5 Å². The molecule has 0 saturated carbocycles. The van der Waals surface area contributed by atoms with Crippen LogP contribution in [0.5, 0.6) is 0 Å². The summed E-state index contributed by atoms with van der Waals surface area (Å²) in [6.45, 7) is 11.9. The van der Waals surface area contributed by atoms with Gasteiger partial charge in [0, 0.05) is 31.1 Å². The Bertz CT molecular complexity index is 502. The van der Waals surface area contributed by atoms with E-state index in [0.717, 1.165) is 24.7 Å². The fraction of sp³-hybridized carbons (Fsp3) is 0.684. The largest absolute Gasteiger partial charge is 0.314 e. The molecular formula is C19H31N3O. The molecule has 0 aromatic carbocycles. The molecule has 1 amide bonds. The quantitative estimate of drug-likeness (QED) is 0.833. The molecule has 0 N–H and O–H groups in total. The van der Waals surface area contributed by atoms with Crippen molar-refractivity contribution >= 4 is 11.6 Å². The van der Waals surface area contributed by atoms with Gasteiger partial charge in [-0.25, -0.2) is 0 Å². The first-order valence-electron chi connectivity index (χ1n) is 8.84. The van der Waals surface area contributed by atoms with E-state index in [-0.39, 0.29) is 11.8 Å². The molecule has 1 aromatic heterocycles. The van der Waals surface area contributed by atoms with E-state index in [1.165, 1.54) is 25.1 Å². The van der Waals surface area contributed by atoms with Gasteiger partial charge in [0.1, 0.15) is 0 Å². The van der Waals surface area contributed by atoms with Crippen LogP contribution in [-0.2, 0) is 4.79 Å². The van der Waals surface area contributed by atoms with Gasteiger partial charge in [-0.15, -0.1) is 0 Å². The van der Waals surface area contributed by atoms with Crippen molar-refractivity contribution in [1.82, 2.24) is 9.88 Å². The molecular weight excluding hydrogens is 286 g/mol. The Balaban J connectivity index is 1.94. The molecule has 23 heavy (non-hydrogen) atoms. The number of amides is 1. The Labute approximate surface area is 140 Å². The van der Waals surface area contributed by atoms with Crippen molar-refractivity contribution < 1.29 is 4.79 Å². The maximum absolute atomic E-state index is 12.0. The Morgan fingerprint density at radius 2 is 1.91 bits per heavy atom. The number of pyridine rings is 1. The van der Waals surface area contributed by atoms with E-state index in [4.69, 9.17) is 0 Å². The summed E-state index contributed by atoms with van der Waals surface area (Å²) in [6, 6.07) is 4.13. The lowest BCUT2D eigenvalue weighted by Gasteiger charge is -2.32. The summed E-state index contributed by atoms with van der Waals surface area (Å²) < 4.78 is 0. The average Bonchev–Trinajstić information content (AvgIpc) is 2.53. The summed E-state index contributed by atoms with van der Waals surface area (Å²) in [5.74, 6) is 1.42. The van der Waals surface area contributed by atoms with Crippen molar-refractivity contribution in [3.05, 3.63) is 24.0 Å². The normalized spacial score (nSPS) is 17.0. The highest BCUT2D eigenvalue weighted by Crippen LogP contribution is 2.28. The SMILES string of the molecule is CC(C)CN1CCC(c2ccc(N(C)C(=O)C(C)C)cn2)CC1. The van der Waals surface area contributed by atoms with Crippen molar-refractivity contribution in [2.24, 2.45) is 11.8 Å².